The van der Waals surface area contributed by atoms with E-state index < -0.39 is 15.7 Å². The summed E-state index contributed by atoms with van der Waals surface area (Å²) in [5.41, 5.74) is 2.73. The maximum atomic E-state index is 14.2. The van der Waals surface area contributed by atoms with Gasteiger partial charge >= 0.3 is 0 Å². The summed E-state index contributed by atoms with van der Waals surface area (Å²) >= 11 is 0. The Morgan fingerprint density at radius 1 is 1.26 bits per heavy atom. The van der Waals surface area contributed by atoms with Gasteiger partial charge in [-0.1, -0.05) is 17.3 Å². The van der Waals surface area contributed by atoms with Crippen molar-refractivity contribution in [2.24, 2.45) is 0 Å². The van der Waals surface area contributed by atoms with Crippen LogP contribution in [-0.2, 0) is 9.84 Å². The second kappa shape index (κ2) is 8.81. The number of ether oxygens (including phenoxy) is 1. The normalized spacial score (nSPS) is 16.2. The Morgan fingerprint density at radius 2 is 2.03 bits per heavy atom. The molecule has 1 aliphatic rings. The number of aromatic nitrogens is 3. The van der Waals surface area contributed by atoms with Gasteiger partial charge < -0.3 is 14.2 Å². The fourth-order valence-corrected chi connectivity index (χ4v) is 5.51. The number of carbonyl (C=O) groups excluding carboxylic acids is 1. The molecule has 35 heavy (non-hydrogen) atoms. The first-order valence-corrected chi connectivity index (χ1v) is 13.1. The van der Waals surface area contributed by atoms with Crippen molar-refractivity contribution >= 4 is 26.6 Å². The number of fused-ring (bicyclic) bond motifs is 1. The molecular formula is C24H23FN4O5S. The Kier molecular flexibility index (Phi) is 5.79. The van der Waals surface area contributed by atoms with Crippen LogP contribution in [0.25, 0.3) is 33.6 Å². The average Bonchev–Trinajstić information content (AvgIpc) is 3.56. The maximum Gasteiger partial charge on any atom is 0.254 e. The molecule has 1 saturated heterocycles. The molecule has 2 aromatic heterocycles. The Hall–Kier alpha value is -3.73. The summed E-state index contributed by atoms with van der Waals surface area (Å²) in [7, 11) is -1.79. The van der Waals surface area contributed by atoms with Crippen LogP contribution in [0, 0.1) is 5.82 Å². The number of sulfone groups is 1. The lowest BCUT2D eigenvalue weighted by molar-refractivity contribution is 0.0749. The fraction of sp³-hybridized carbons (Fsp3) is 0.292. The number of benzene rings is 2. The Morgan fingerprint density at radius 3 is 2.74 bits per heavy atom. The summed E-state index contributed by atoms with van der Waals surface area (Å²) in [5.74, 6) is -0.269. The zero-order valence-corrected chi connectivity index (χ0v) is 19.9. The molecule has 0 spiro atoms. The van der Waals surface area contributed by atoms with E-state index in [-0.39, 0.29) is 23.5 Å². The smallest absolute Gasteiger partial charge is 0.254 e. The van der Waals surface area contributed by atoms with Gasteiger partial charge in [-0.05, 0) is 31.0 Å². The van der Waals surface area contributed by atoms with Gasteiger partial charge in [0.1, 0.15) is 21.2 Å². The summed E-state index contributed by atoms with van der Waals surface area (Å²) in [6.45, 7) is 0.539. The predicted octanol–water partition coefficient (Wildman–Crippen LogP) is 3.68. The highest BCUT2D eigenvalue weighted by atomic mass is 32.2. The second-order valence-electron chi connectivity index (χ2n) is 8.65. The minimum absolute atomic E-state index is 0.0307. The van der Waals surface area contributed by atoms with Gasteiger partial charge in [0, 0.05) is 47.5 Å². The van der Waals surface area contributed by atoms with Crippen LogP contribution in [-0.4, -0.2) is 66.3 Å². The molecule has 2 aromatic carbocycles. The molecule has 9 nitrogen and oxygen atoms in total. The van der Waals surface area contributed by atoms with Gasteiger partial charge in [-0.3, -0.25) is 9.89 Å². The van der Waals surface area contributed by atoms with Crippen LogP contribution in [0.15, 0.2) is 47.0 Å². The van der Waals surface area contributed by atoms with Crippen molar-refractivity contribution in [2.75, 3.05) is 25.7 Å². The summed E-state index contributed by atoms with van der Waals surface area (Å²) in [5, 5.41) is 11.7. The van der Waals surface area contributed by atoms with E-state index in [1.165, 1.54) is 25.5 Å². The minimum Gasteiger partial charge on any atom is -0.494 e. The molecular weight excluding hydrogens is 475 g/mol. The first-order chi connectivity index (χ1) is 16.7. The largest absolute Gasteiger partial charge is 0.494 e. The van der Waals surface area contributed by atoms with Crippen LogP contribution in [0.5, 0.6) is 5.75 Å². The number of carbonyl (C=O) groups is 1. The molecule has 0 saturated carbocycles. The zero-order valence-electron chi connectivity index (χ0n) is 19.1. The SMILES string of the molecule is COc1cc2[nH]nc(-c3cc(-c4ccc(C(=O)N5CCC[C@H]5CS(C)(=O)=O)cc4)no3)c2cc1F. The van der Waals surface area contributed by atoms with Gasteiger partial charge in [-0.25, -0.2) is 12.8 Å². The summed E-state index contributed by atoms with van der Waals surface area (Å²) < 4.78 is 48.1. The third-order valence-electron chi connectivity index (χ3n) is 6.14. The third kappa shape index (κ3) is 4.51. The number of nitrogens with one attached hydrogen (secondary N) is 1. The van der Waals surface area contributed by atoms with Crippen molar-refractivity contribution in [3.05, 3.63) is 53.8 Å². The van der Waals surface area contributed by atoms with Crippen molar-refractivity contribution in [3.63, 3.8) is 0 Å². The number of H-pyrrole nitrogens is 1. The highest BCUT2D eigenvalue weighted by molar-refractivity contribution is 7.90. The molecule has 1 fully saturated rings. The number of aromatic amines is 1. The fourth-order valence-electron chi connectivity index (χ4n) is 4.46. The minimum atomic E-state index is -3.18. The Labute approximate surface area is 200 Å². The summed E-state index contributed by atoms with van der Waals surface area (Å²) in [4.78, 5) is 14.6. The first-order valence-electron chi connectivity index (χ1n) is 11.0. The standard InChI is InChI=1S/C24H23FN4O5S/c1-33-21-12-20-17(10-18(21)25)23(27-26-20)22-11-19(28-34-22)14-5-7-15(8-6-14)24(30)29-9-3-4-16(29)13-35(2,31)32/h5-8,10-12,16H,3-4,9,13H2,1-2H3,(H,26,27)/t16-/m0/s1. The maximum absolute atomic E-state index is 14.2. The molecule has 0 aliphatic carbocycles. The molecule has 1 atom stereocenters. The van der Waals surface area contributed by atoms with E-state index in [1.807, 2.05) is 0 Å². The molecule has 3 heterocycles. The predicted molar refractivity (Wildman–Crippen MR) is 127 cm³/mol. The Balaban J connectivity index is 1.37. The molecule has 0 unspecified atom stereocenters. The number of halogens is 1. The van der Waals surface area contributed by atoms with Crippen molar-refractivity contribution in [3.8, 4) is 28.5 Å². The monoisotopic (exact) mass is 498 g/mol. The van der Waals surface area contributed by atoms with E-state index in [1.54, 1.807) is 35.2 Å². The van der Waals surface area contributed by atoms with Crippen LogP contribution >= 0.6 is 0 Å². The molecule has 1 aliphatic heterocycles. The van der Waals surface area contributed by atoms with Crippen molar-refractivity contribution in [1.82, 2.24) is 20.3 Å². The second-order valence-corrected chi connectivity index (χ2v) is 10.8. The number of hydrogen-bond donors (Lipinski definition) is 1. The van der Waals surface area contributed by atoms with Crippen molar-refractivity contribution < 1.29 is 26.9 Å². The number of hydrogen-bond acceptors (Lipinski definition) is 7. The van der Waals surface area contributed by atoms with Gasteiger partial charge in [0.05, 0.1) is 18.4 Å². The Bertz CT molecular complexity index is 1510. The number of nitrogens with zero attached hydrogens (tertiary/aromatic N) is 3. The molecule has 182 valence electrons. The lowest BCUT2D eigenvalue weighted by Crippen LogP contribution is -2.39. The van der Waals surface area contributed by atoms with Crippen LogP contribution < -0.4 is 4.74 Å². The molecule has 1 amide bonds. The van der Waals surface area contributed by atoms with Gasteiger partial charge in [0.2, 0.25) is 0 Å². The van der Waals surface area contributed by atoms with Crippen molar-refractivity contribution in [2.45, 2.75) is 18.9 Å². The molecule has 4 aromatic rings. The molecule has 11 heteroatoms. The lowest BCUT2D eigenvalue weighted by Gasteiger charge is -2.24. The van der Waals surface area contributed by atoms with E-state index in [2.05, 4.69) is 15.4 Å². The van der Waals surface area contributed by atoms with Gasteiger partial charge in [-0.15, -0.1) is 0 Å². The van der Waals surface area contributed by atoms with Crippen molar-refractivity contribution in [1.29, 1.82) is 0 Å². The summed E-state index contributed by atoms with van der Waals surface area (Å²) in [6.07, 6.45) is 2.65. The number of methoxy groups -OCH3 is 1. The van der Waals surface area contributed by atoms with Gasteiger partial charge in [-0.2, -0.15) is 5.10 Å². The molecule has 0 bridgehead atoms. The number of likely N-dealkylation sites (tertiary alicyclic amines) is 1. The first kappa shape index (κ1) is 23.0. The summed E-state index contributed by atoms with van der Waals surface area (Å²) in [6, 6.07) is 11.1. The number of rotatable bonds is 6. The lowest BCUT2D eigenvalue weighted by atomic mass is 10.1. The van der Waals surface area contributed by atoms with Gasteiger partial charge in [0.15, 0.2) is 17.3 Å². The quantitative estimate of drug-likeness (QED) is 0.431. The van der Waals surface area contributed by atoms with E-state index in [0.29, 0.717) is 46.6 Å². The van der Waals surface area contributed by atoms with Crippen LogP contribution in [0.1, 0.15) is 23.2 Å². The topological polar surface area (TPSA) is 118 Å². The highest BCUT2D eigenvalue weighted by Gasteiger charge is 2.31. The molecule has 0 radical (unpaired) electrons. The average molecular weight is 499 g/mol. The highest BCUT2D eigenvalue weighted by Crippen LogP contribution is 2.33. The molecule has 1 N–H and O–H groups in total. The van der Waals surface area contributed by atoms with Gasteiger partial charge in [0.25, 0.3) is 5.91 Å². The van der Waals surface area contributed by atoms with E-state index in [9.17, 15) is 17.6 Å². The van der Waals surface area contributed by atoms with E-state index >= 15 is 0 Å². The molecule has 5 rings (SSSR count). The van der Waals surface area contributed by atoms with E-state index in [4.69, 9.17) is 9.26 Å². The third-order valence-corrected chi connectivity index (χ3v) is 7.13. The van der Waals surface area contributed by atoms with Crippen LogP contribution in [0.2, 0.25) is 0 Å². The van der Waals surface area contributed by atoms with Crippen LogP contribution in [0.3, 0.4) is 0 Å². The number of amides is 1. The zero-order chi connectivity index (χ0) is 24.7. The van der Waals surface area contributed by atoms with E-state index in [0.717, 1.165) is 12.0 Å². The van der Waals surface area contributed by atoms with Crippen LogP contribution in [0.4, 0.5) is 4.39 Å².